The van der Waals surface area contributed by atoms with Gasteiger partial charge in [0.25, 0.3) is 0 Å². The molecule has 4 aromatic rings. The molecular weight excluding hydrogens is 580 g/mol. The van der Waals surface area contributed by atoms with Crippen molar-refractivity contribution in [2.24, 2.45) is 0 Å². The summed E-state index contributed by atoms with van der Waals surface area (Å²) in [5, 5.41) is 17.6. The summed E-state index contributed by atoms with van der Waals surface area (Å²) in [5.74, 6) is 1.12. The van der Waals surface area contributed by atoms with Crippen LogP contribution in [0.3, 0.4) is 0 Å². The van der Waals surface area contributed by atoms with E-state index in [-0.39, 0.29) is 25.2 Å². The van der Waals surface area contributed by atoms with Crippen molar-refractivity contribution in [3.63, 3.8) is 0 Å². The van der Waals surface area contributed by atoms with Crippen molar-refractivity contribution in [2.75, 3.05) is 30.8 Å². The predicted molar refractivity (Wildman–Crippen MR) is 173 cm³/mol. The Kier molecular flexibility index (Phi) is 9.94. The molecule has 0 aliphatic carbocycles. The molecule has 1 atom stereocenters. The first-order valence-electron chi connectivity index (χ1n) is 14.6. The van der Waals surface area contributed by atoms with Gasteiger partial charge in [-0.2, -0.15) is 0 Å². The van der Waals surface area contributed by atoms with Gasteiger partial charge in [-0.1, -0.05) is 23.7 Å². The normalized spacial score (nSPS) is 15.5. The number of anilines is 3. The number of halogens is 1. The molecule has 0 spiro atoms. The molecule has 1 saturated heterocycles. The van der Waals surface area contributed by atoms with Crippen molar-refractivity contribution in [2.45, 2.75) is 51.4 Å². The molecule has 1 fully saturated rings. The molecule has 2 aromatic heterocycles. The molecule has 3 heterocycles. The first-order chi connectivity index (χ1) is 21.2. The lowest BCUT2D eigenvalue weighted by Crippen LogP contribution is -2.23. The molecular formula is C33H37ClN6O4. The van der Waals surface area contributed by atoms with Gasteiger partial charge in [0.2, 0.25) is 5.91 Å². The van der Waals surface area contributed by atoms with Gasteiger partial charge in [0.05, 0.1) is 39.5 Å². The van der Waals surface area contributed by atoms with Gasteiger partial charge in [-0.15, -0.1) is 0 Å². The van der Waals surface area contributed by atoms with E-state index in [0.29, 0.717) is 51.0 Å². The zero-order chi connectivity index (χ0) is 31.1. The maximum atomic E-state index is 13.0. The molecule has 3 N–H and O–H groups in total. The highest BCUT2D eigenvalue weighted by Crippen LogP contribution is 2.39. The fourth-order valence-electron chi connectivity index (χ4n) is 4.89. The molecule has 44 heavy (non-hydrogen) atoms. The summed E-state index contributed by atoms with van der Waals surface area (Å²) in [6.07, 6.45) is 9.17. The van der Waals surface area contributed by atoms with E-state index in [1.807, 2.05) is 30.3 Å². The van der Waals surface area contributed by atoms with E-state index in [4.69, 9.17) is 21.1 Å². The van der Waals surface area contributed by atoms with Crippen LogP contribution in [0.2, 0.25) is 5.02 Å². The number of hydrogen-bond donors (Lipinski definition) is 3. The summed E-state index contributed by atoms with van der Waals surface area (Å²) in [7, 11) is 2.06. The highest BCUT2D eigenvalue weighted by molar-refractivity contribution is 6.32. The van der Waals surface area contributed by atoms with Gasteiger partial charge >= 0.3 is 0 Å². The van der Waals surface area contributed by atoms with Crippen molar-refractivity contribution in [1.82, 2.24) is 19.9 Å². The van der Waals surface area contributed by atoms with E-state index in [2.05, 4.69) is 37.5 Å². The Hall–Kier alpha value is -4.25. The third-order valence-corrected chi connectivity index (χ3v) is 7.61. The first kappa shape index (κ1) is 31.2. The summed E-state index contributed by atoms with van der Waals surface area (Å²) in [6, 6.07) is 14.8. The van der Waals surface area contributed by atoms with Crippen LogP contribution in [0.5, 0.6) is 11.5 Å². The molecule has 11 heteroatoms. The van der Waals surface area contributed by atoms with Crippen LogP contribution in [0, 0.1) is 0 Å². The largest absolute Gasteiger partial charge is 0.490 e. The first-order valence-corrected chi connectivity index (χ1v) is 15.0. The molecule has 2 aromatic carbocycles. The van der Waals surface area contributed by atoms with Gasteiger partial charge in [-0.25, -0.2) is 9.97 Å². The van der Waals surface area contributed by atoms with Crippen molar-refractivity contribution in [3.05, 3.63) is 83.9 Å². The number of fused-ring (bicyclic) bond motifs is 1. The van der Waals surface area contributed by atoms with Gasteiger partial charge in [-0.05, 0) is 82.7 Å². The summed E-state index contributed by atoms with van der Waals surface area (Å²) in [4.78, 5) is 28.4. The number of carbonyl (C=O) groups excluding carboxylic acids is 1. The quantitative estimate of drug-likeness (QED) is 0.161. The molecule has 5 rings (SSSR count). The number of amides is 1. The number of aromatic nitrogens is 3. The van der Waals surface area contributed by atoms with Gasteiger partial charge in [0.1, 0.15) is 24.5 Å². The number of pyridine rings is 1. The van der Waals surface area contributed by atoms with E-state index in [1.165, 1.54) is 6.33 Å². The zero-order valence-electron chi connectivity index (χ0n) is 25.1. The molecule has 1 aliphatic heterocycles. The van der Waals surface area contributed by atoms with E-state index < -0.39 is 5.60 Å². The molecule has 230 valence electrons. The predicted octanol–water partition coefficient (Wildman–Crippen LogP) is 6.13. The molecule has 0 bridgehead atoms. The number of benzene rings is 2. The lowest BCUT2D eigenvalue weighted by atomic mass is 10.1. The summed E-state index contributed by atoms with van der Waals surface area (Å²) < 4.78 is 12.1. The Labute approximate surface area is 262 Å². The van der Waals surface area contributed by atoms with Crippen LogP contribution in [0.25, 0.3) is 10.9 Å². The lowest BCUT2D eigenvalue weighted by Gasteiger charge is -2.20. The number of likely N-dealkylation sites (N-methyl/N-ethyl adjacent to an activating group) is 1. The smallest absolute Gasteiger partial charge is 0.248 e. The molecule has 0 radical (unpaired) electrons. The van der Waals surface area contributed by atoms with Crippen LogP contribution in [-0.4, -0.2) is 62.7 Å². The highest BCUT2D eigenvalue weighted by Gasteiger charge is 2.21. The van der Waals surface area contributed by atoms with Crippen LogP contribution in [0.15, 0.2) is 73.2 Å². The minimum atomic E-state index is -0.932. The van der Waals surface area contributed by atoms with Crippen LogP contribution < -0.4 is 20.1 Å². The van der Waals surface area contributed by atoms with E-state index in [1.54, 1.807) is 50.4 Å². The lowest BCUT2D eigenvalue weighted by molar-refractivity contribution is -0.112. The summed E-state index contributed by atoms with van der Waals surface area (Å²) in [6.45, 7) is 4.95. The standard InChI is InChI=1S/C33H37ClN6O4/c1-33(2,42)15-18-43-31-27(39-29(41)14-10-24-8-6-17-40(24)3)12-11-26-30(31)32(37-21-36-26)38-22-9-13-28(25(34)19-22)44-20-23-7-4-5-16-35-23/h4-5,7,9-14,16,19,21,24,42H,6,8,15,17-18,20H2,1-3H3,(H,39,41)(H,36,37,38)/b14-10+. The van der Waals surface area contributed by atoms with Crippen LogP contribution in [0.4, 0.5) is 17.2 Å². The van der Waals surface area contributed by atoms with Gasteiger partial charge in [0, 0.05) is 30.4 Å². The number of rotatable bonds is 12. The number of ether oxygens (including phenoxy) is 2. The second-order valence-corrected chi connectivity index (χ2v) is 11.8. The van der Waals surface area contributed by atoms with Crippen LogP contribution in [0.1, 0.15) is 38.8 Å². The topological polar surface area (TPSA) is 122 Å². The number of carbonyl (C=O) groups is 1. The van der Waals surface area contributed by atoms with Crippen molar-refractivity contribution in [3.8, 4) is 11.5 Å². The maximum absolute atomic E-state index is 13.0. The van der Waals surface area contributed by atoms with E-state index >= 15 is 0 Å². The van der Waals surface area contributed by atoms with Crippen molar-refractivity contribution >= 4 is 45.6 Å². The number of likely N-dealkylation sites (tertiary alicyclic amines) is 1. The minimum Gasteiger partial charge on any atom is -0.490 e. The fraction of sp³-hybridized carbons (Fsp3) is 0.333. The molecule has 1 unspecified atom stereocenters. The zero-order valence-corrected chi connectivity index (χ0v) is 25.8. The van der Waals surface area contributed by atoms with Crippen LogP contribution in [-0.2, 0) is 11.4 Å². The SMILES string of the molecule is CN1CCCC1/C=C/C(=O)Nc1ccc2ncnc(Nc3ccc(OCc4ccccn4)c(Cl)c3)c2c1OCCC(C)(C)O. The molecule has 0 saturated carbocycles. The van der Waals surface area contributed by atoms with Crippen molar-refractivity contribution in [1.29, 1.82) is 0 Å². The Morgan fingerprint density at radius 2 is 2.02 bits per heavy atom. The second-order valence-electron chi connectivity index (χ2n) is 11.4. The number of aliphatic hydroxyl groups is 1. The molecule has 1 aliphatic rings. The molecule has 1 amide bonds. The number of hydrogen-bond acceptors (Lipinski definition) is 9. The van der Waals surface area contributed by atoms with Crippen molar-refractivity contribution < 1.29 is 19.4 Å². The molecule has 10 nitrogen and oxygen atoms in total. The summed E-state index contributed by atoms with van der Waals surface area (Å²) in [5.41, 5.74) is 1.61. The Morgan fingerprint density at radius 3 is 2.75 bits per heavy atom. The average molecular weight is 617 g/mol. The van der Waals surface area contributed by atoms with Gasteiger partial charge < -0.3 is 25.2 Å². The number of nitrogens with zero attached hydrogens (tertiary/aromatic N) is 4. The van der Waals surface area contributed by atoms with Gasteiger partial charge in [0.15, 0.2) is 5.75 Å². The van der Waals surface area contributed by atoms with Crippen LogP contribution >= 0.6 is 11.6 Å². The minimum absolute atomic E-state index is 0.205. The Balaban J connectivity index is 1.41. The Bertz CT molecular complexity index is 1630. The van der Waals surface area contributed by atoms with E-state index in [0.717, 1.165) is 25.1 Å². The second kappa shape index (κ2) is 14.0. The van der Waals surface area contributed by atoms with E-state index in [9.17, 15) is 9.90 Å². The van der Waals surface area contributed by atoms with Gasteiger partial charge in [-0.3, -0.25) is 14.7 Å². The maximum Gasteiger partial charge on any atom is 0.248 e. The summed E-state index contributed by atoms with van der Waals surface area (Å²) >= 11 is 6.57. The fourth-order valence-corrected chi connectivity index (χ4v) is 5.12. The Morgan fingerprint density at radius 1 is 1.16 bits per heavy atom. The monoisotopic (exact) mass is 616 g/mol. The highest BCUT2D eigenvalue weighted by atomic mass is 35.5. The average Bonchev–Trinajstić information content (AvgIpc) is 3.41. The number of nitrogens with one attached hydrogen (secondary N) is 2. The third kappa shape index (κ3) is 8.22. The third-order valence-electron chi connectivity index (χ3n) is 7.32.